The van der Waals surface area contributed by atoms with E-state index in [4.69, 9.17) is 0 Å². The van der Waals surface area contributed by atoms with E-state index in [0.29, 0.717) is 0 Å². The van der Waals surface area contributed by atoms with Gasteiger partial charge in [0.1, 0.15) is 0 Å². The minimum atomic E-state index is 1.01. The zero-order valence-electron chi connectivity index (χ0n) is 11.6. The number of benzene rings is 2. The highest BCUT2D eigenvalue weighted by Crippen LogP contribution is 2.13. The van der Waals surface area contributed by atoms with Gasteiger partial charge in [-0.25, -0.2) is 0 Å². The minimum absolute atomic E-state index is 1.01. The molecule has 0 atom stereocenters. The molecule has 0 unspecified atom stereocenters. The molecule has 0 N–H and O–H groups in total. The maximum Gasteiger partial charge on any atom is 0.0944 e. The molecule has 1 heterocycles. The average molecular weight is 264 g/mol. The Labute approximate surface area is 117 Å². The van der Waals surface area contributed by atoms with Crippen LogP contribution in [0.25, 0.3) is 10.9 Å². The summed E-state index contributed by atoms with van der Waals surface area (Å²) in [7, 11) is 4.05. The summed E-state index contributed by atoms with van der Waals surface area (Å²) < 4.78 is 0. The third kappa shape index (κ3) is 2.40. The topological polar surface area (TPSA) is 33.4 Å². The van der Waals surface area contributed by atoms with Crippen molar-refractivity contribution in [2.45, 2.75) is 0 Å². The second-order valence-corrected chi connectivity index (χ2v) is 4.82. The molecule has 0 aliphatic heterocycles. The number of nitrogens with zero attached hydrogens (tertiary/aromatic N) is 4. The fourth-order valence-electron chi connectivity index (χ4n) is 2.03. The number of para-hydroxylation sites is 1. The number of fused-ring (bicyclic) bond motifs is 1. The molecule has 2 aromatic carbocycles. The summed E-state index contributed by atoms with van der Waals surface area (Å²) in [5, 5.41) is 9.76. The van der Waals surface area contributed by atoms with Crippen molar-refractivity contribution in [1.29, 1.82) is 0 Å². The van der Waals surface area contributed by atoms with Crippen LogP contribution in [0.15, 0.2) is 59.8 Å². The Balaban J connectivity index is 1.86. The SMILES string of the molecule is CN(C)c1ccc(/C=N\n2ncc3ccccc32)cc1. The van der Waals surface area contributed by atoms with Crippen molar-refractivity contribution in [2.24, 2.45) is 5.10 Å². The van der Waals surface area contributed by atoms with Crippen LogP contribution in [0.5, 0.6) is 0 Å². The fourth-order valence-corrected chi connectivity index (χ4v) is 2.03. The van der Waals surface area contributed by atoms with Gasteiger partial charge >= 0.3 is 0 Å². The summed E-state index contributed by atoms with van der Waals surface area (Å²) in [6.07, 6.45) is 3.64. The zero-order valence-corrected chi connectivity index (χ0v) is 11.6. The monoisotopic (exact) mass is 264 g/mol. The lowest BCUT2D eigenvalue weighted by Crippen LogP contribution is -2.08. The summed E-state index contributed by atoms with van der Waals surface area (Å²) >= 11 is 0. The molecular weight excluding hydrogens is 248 g/mol. The Morgan fingerprint density at radius 1 is 1.05 bits per heavy atom. The lowest BCUT2D eigenvalue weighted by Gasteiger charge is -2.11. The molecule has 4 nitrogen and oxygen atoms in total. The van der Waals surface area contributed by atoms with Gasteiger partial charge in [0, 0.05) is 25.2 Å². The molecular formula is C16H16N4. The van der Waals surface area contributed by atoms with E-state index in [1.54, 1.807) is 4.79 Å². The van der Waals surface area contributed by atoms with Gasteiger partial charge in [-0.1, -0.05) is 30.3 Å². The van der Waals surface area contributed by atoms with E-state index >= 15 is 0 Å². The Kier molecular flexibility index (Phi) is 3.21. The largest absolute Gasteiger partial charge is 0.378 e. The quantitative estimate of drug-likeness (QED) is 0.681. The van der Waals surface area contributed by atoms with Crippen LogP contribution in [0, 0.1) is 0 Å². The third-order valence-electron chi connectivity index (χ3n) is 3.18. The van der Waals surface area contributed by atoms with Crippen molar-refractivity contribution in [3.05, 3.63) is 60.3 Å². The van der Waals surface area contributed by atoms with Gasteiger partial charge < -0.3 is 4.90 Å². The summed E-state index contributed by atoms with van der Waals surface area (Å²) in [5.74, 6) is 0. The molecule has 0 bridgehead atoms. The molecule has 1 aromatic heterocycles. The number of hydrogen-bond acceptors (Lipinski definition) is 3. The van der Waals surface area contributed by atoms with E-state index in [0.717, 1.165) is 16.5 Å². The third-order valence-corrected chi connectivity index (χ3v) is 3.18. The van der Waals surface area contributed by atoms with Gasteiger partial charge in [0.15, 0.2) is 0 Å². The first-order valence-electron chi connectivity index (χ1n) is 6.48. The zero-order chi connectivity index (χ0) is 13.9. The number of rotatable bonds is 3. The predicted octanol–water partition coefficient (Wildman–Crippen LogP) is 2.98. The van der Waals surface area contributed by atoms with E-state index in [1.807, 2.05) is 62.9 Å². The lowest BCUT2D eigenvalue weighted by atomic mass is 10.2. The first kappa shape index (κ1) is 12.4. The standard InChI is InChI=1S/C16H16N4/c1-19(2)15-9-7-13(8-10-15)11-17-20-16-6-4-3-5-14(16)12-18-20/h3-12H,1-2H3/b17-11-. The molecule has 4 heteroatoms. The first-order chi connectivity index (χ1) is 9.74. The van der Waals surface area contributed by atoms with Gasteiger partial charge in [-0.15, -0.1) is 0 Å². The normalized spacial score (nSPS) is 11.3. The highest BCUT2D eigenvalue weighted by Gasteiger charge is 1.99. The molecule has 0 spiro atoms. The number of aromatic nitrogens is 2. The molecule has 3 rings (SSSR count). The van der Waals surface area contributed by atoms with Crippen molar-refractivity contribution in [3.63, 3.8) is 0 Å². The molecule has 3 aromatic rings. The molecule has 0 saturated heterocycles. The van der Waals surface area contributed by atoms with Crippen LogP contribution in [0.3, 0.4) is 0 Å². The predicted molar refractivity (Wildman–Crippen MR) is 83.5 cm³/mol. The van der Waals surface area contributed by atoms with Crippen LogP contribution < -0.4 is 4.90 Å². The van der Waals surface area contributed by atoms with Gasteiger partial charge in [-0.05, 0) is 23.8 Å². The molecule has 20 heavy (non-hydrogen) atoms. The average Bonchev–Trinajstić information content (AvgIpc) is 2.89. The molecule has 0 radical (unpaired) electrons. The highest BCUT2D eigenvalue weighted by atomic mass is 15.5. The number of hydrogen-bond donors (Lipinski definition) is 0. The van der Waals surface area contributed by atoms with E-state index < -0.39 is 0 Å². The van der Waals surface area contributed by atoms with Crippen LogP contribution in [-0.4, -0.2) is 30.2 Å². The van der Waals surface area contributed by atoms with Crippen molar-refractivity contribution >= 4 is 22.8 Å². The van der Waals surface area contributed by atoms with Crippen LogP contribution in [0.2, 0.25) is 0 Å². The smallest absolute Gasteiger partial charge is 0.0944 e. The maximum atomic E-state index is 4.41. The van der Waals surface area contributed by atoms with Gasteiger partial charge in [0.25, 0.3) is 0 Å². The first-order valence-corrected chi connectivity index (χ1v) is 6.48. The number of anilines is 1. The molecule has 0 amide bonds. The van der Waals surface area contributed by atoms with Gasteiger partial charge in [0.2, 0.25) is 0 Å². The summed E-state index contributed by atoms with van der Waals surface area (Å²) in [6.45, 7) is 0. The minimum Gasteiger partial charge on any atom is -0.378 e. The summed E-state index contributed by atoms with van der Waals surface area (Å²) in [5.41, 5.74) is 3.23. The molecule has 100 valence electrons. The van der Waals surface area contributed by atoms with Gasteiger partial charge in [0.05, 0.1) is 17.9 Å². The Morgan fingerprint density at radius 2 is 1.80 bits per heavy atom. The van der Waals surface area contributed by atoms with Crippen LogP contribution in [0.1, 0.15) is 5.56 Å². The van der Waals surface area contributed by atoms with Crippen LogP contribution in [0.4, 0.5) is 5.69 Å². The van der Waals surface area contributed by atoms with Crippen molar-refractivity contribution in [1.82, 2.24) is 9.89 Å². The van der Waals surface area contributed by atoms with E-state index in [2.05, 4.69) is 27.2 Å². The lowest BCUT2D eigenvalue weighted by molar-refractivity contribution is 0.773. The van der Waals surface area contributed by atoms with E-state index in [9.17, 15) is 0 Å². The summed E-state index contributed by atoms with van der Waals surface area (Å²) in [4.78, 5) is 3.72. The van der Waals surface area contributed by atoms with Crippen molar-refractivity contribution in [2.75, 3.05) is 19.0 Å². The van der Waals surface area contributed by atoms with Gasteiger partial charge in [-0.2, -0.15) is 15.0 Å². The van der Waals surface area contributed by atoms with Crippen LogP contribution >= 0.6 is 0 Å². The van der Waals surface area contributed by atoms with E-state index in [1.165, 1.54) is 5.69 Å². The molecule has 0 fully saturated rings. The maximum absolute atomic E-state index is 4.41. The Hall–Kier alpha value is -2.62. The molecule has 0 saturated carbocycles. The molecule has 0 aliphatic carbocycles. The second-order valence-electron chi connectivity index (χ2n) is 4.82. The fraction of sp³-hybridized carbons (Fsp3) is 0.125. The van der Waals surface area contributed by atoms with Gasteiger partial charge in [-0.3, -0.25) is 0 Å². The Morgan fingerprint density at radius 3 is 2.55 bits per heavy atom. The summed E-state index contributed by atoms with van der Waals surface area (Å²) in [6, 6.07) is 16.3. The molecule has 0 aliphatic rings. The highest BCUT2D eigenvalue weighted by molar-refractivity contribution is 5.82. The van der Waals surface area contributed by atoms with Crippen molar-refractivity contribution in [3.8, 4) is 0 Å². The van der Waals surface area contributed by atoms with Crippen LogP contribution in [-0.2, 0) is 0 Å². The Bertz CT molecular complexity index is 739. The second kappa shape index (κ2) is 5.17. The van der Waals surface area contributed by atoms with E-state index in [-0.39, 0.29) is 0 Å². The van der Waals surface area contributed by atoms with Crippen molar-refractivity contribution < 1.29 is 0 Å².